The van der Waals surface area contributed by atoms with Gasteiger partial charge in [0.25, 0.3) is 11.8 Å². The first kappa shape index (κ1) is 29.4. The van der Waals surface area contributed by atoms with Gasteiger partial charge in [0.2, 0.25) is 5.91 Å². The average Bonchev–Trinajstić information content (AvgIpc) is 3.48. The molecule has 1 unspecified atom stereocenters. The molecule has 0 saturated heterocycles. The molecule has 4 rings (SSSR count). The number of hydrogen-bond donors (Lipinski definition) is 5. The monoisotopic (exact) mass is 564 g/mol. The minimum Gasteiger partial charge on any atom is -0.481 e. The number of hydrogen-bond acceptors (Lipinski definition) is 7. The molecule has 2 aliphatic heterocycles. The van der Waals surface area contributed by atoms with Gasteiger partial charge >= 0.3 is 20.6 Å². The molecule has 1 atom stereocenters. The van der Waals surface area contributed by atoms with Crippen LogP contribution in [0.5, 0.6) is 0 Å². The van der Waals surface area contributed by atoms with E-state index in [9.17, 15) is 24.2 Å². The predicted molar refractivity (Wildman–Crippen MR) is 138 cm³/mol. The van der Waals surface area contributed by atoms with Crippen LogP contribution in [0.2, 0.25) is 10.0 Å². The van der Waals surface area contributed by atoms with Crippen molar-refractivity contribution in [2.75, 3.05) is 13.1 Å². The summed E-state index contributed by atoms with van der Waals surface area (Å²) in [5.74, 6) is -3.07. The third kappa shape index (κ3) is 6.65. The van der Waals surface area contributed by atoms with Gasteiger partial charge in [0, 0.05) is 34.3 Å². The van der Waals surface area contributed by atoms with Gasteiger partial charge in [0.15, 0.2) is 0 Å². The molecule has 0 bridgehead atoms. The molecule has 0 saturated carbocycles. The minimum atomic E-state index is -1.25. The second kappa shape index (κ2) is 12.6. The van der Waals surface area contributed by atoms with Crippen LogP contribution in [0.4, 0.5) is 0 Å². The topological polar surface area (TPSA) is 195 Å². The second-order valence-corrected chi connectivity index (χ2v) is 9.13. The largest absolute Gasteiger partial charge is 0.491 e. The molecular formula is C22H22B2Cl2N3O9. The van der Waals surface area contributed by atoms with Crippen molar-refractivity contribution < 1.29 is 44.1 Å². The maximum absolute atomic E-state index is 12.9. The molecule has 7 N–H and O–H groups in total. The third-order valence-corrected chi connectivity index (χ3v) is 6.48. The maximum atomic E-state index is 12.9. The van der Waals surface area contributed by atoms with Crippen LogP contribution < -0.4 is 26.9 Å². The Morgan fingerprint density at radius 1 is 1.00 bits per heavy atom. The number of carbonyl (C=O) groups is 4. The molecule has 2 aromatic carbocycles. The van der Waals surface area contributed by atoms with Crippen molar-refractivity contribution >= 4 is 72.4 Å². The molecular weight excluding hydrogens is 543 g/mol. The quantitative estimate of drug-likeness (QED) is 0.222. The van der Waals surface area contributed by atoms with Crippen molar-refractivity contribution in [1.29, 1.82) is 0 Å². The number of rotatable bonds is 9. The second-order valence-electron chi connectivity index (χ2n) is 8.31. The molecule has 38 heavy (non-hydrogen) atoms. The Balaban J connectivity index is 0.00000400. The fourth-order valence-corrected chi connectivity index (χ4v) is 4.40. The molecule has 16 heteroatoms. The van der Waals surface area contributed by atoms with Crippen LogP contribution in [-0.4, -0.2) is 73.0 Å². The molecule has 2 aromatic rings. The number of aliphatic carboxylic acids is 1. The summed E-state index contributed by atoms with van der Waals surface area (Å²) >= 11 is 12.4. The number of benzene rings is 2. The molecule has 0 fully saturated rings. The number of carbonyl (C=O) groups excluding carboxylic acids is 3. The summed E-state index contributed by atoms with van der Waals surface area (Å²) in [6.07, 6.45) is -0.326. The summed E-state index contributed by atoms with van der Waals surface area (Å²) in [4.78, 5) is 49.3. The van der Waals surface area contributed by atoms with E-state index in [2.05, 4.69) is 16.0 Å². The Bertz CT molecular complexity index is 1280. The van der Waals surface area contributed by atoms with Gasteiger partial charge in [-0.1, -0.05) is 29.3 Å². The Morgan fingerprint density at radius 2 is 1.68 bits per heavy atom. The molecule has 199 valence electrons. The summed E-state index contributed by atoms with van der Waals surface area (Å²) in [5.41, 5.74) is 2.59. The van der Waals surface area contributed by atoms with Crippen molar-refractivity contribution in [3.05, 3.63) is 56.6 Å². The van der Waals surface area contributed by atoms with Gasteiger partial charge < -0.3 is 40.9 Å². The van der Waals surface area contributed by atoms with Crippen LogP contribution in [0.3, 0.4) is 0 Å². The zero-order valence-corrected chi connectivity index (χ0v) is 21.2. The first-order chi connectivity index (χ1) is 17.6. The van der Waals surface area contributed by atoms with E-state index >= 15 is 0 Å². The van der Waals surface area contributed by atoms with E-state index in [-0.39, 0.29) is 54.3 Å². The summed E-state index contributed by atoms with van der Waals surface area (Å²) in [5, 5.41) is 26.9. The standard InChI is InChI=1S/C22H20B2Cl2N3O8.H2O/c25-16-5-10(3-14-12(16)8-36-23-14)21(33)29-18(22(34)27-2-1-19(30)31)7-28-20(32)11-4-15-13(17(26)6-11)9-37-24(15)35;/h3-6,18,35H,1-2,7-9H2,(H,27,34)(H,28,32)(H,29,33)(H,30,31);1H2. The van der Waals surface area contributed by atoms with Gasteiger partial charge in [0.05, 0.1) is 19.6 Å². The fourth-order valence-electron chi connectivity index (χ4n) is 3.84. The highest BCUT2D eigenvalue weighted by Gasteiger charge is 2.31. The highest BCUT2D eigenvalue weighted by Crippen LogP contribution is 2.22. The third-order valence-electron chi connectivity index (χ3n) is 5.80. The summed E-state index contributed by atoms with van der Waals surface area (Å²) in [6.45, 7) is -0.111. The highest BCUT2D eigenvalue weighted by molar-refractivity contribution is 6.62. The fraction of sp³-hybridized carbons (Fsp3) is 0.273. The van der Waals surface area contributed by atoms with Crippen LogP contribution in [0, 0.1) is 0 Å². The molecule has 0 spiro atoms. The van der Waals surface area contributed by atoms with E-state index in [1.54, 1.807) is 6.07 Å². The predicted octanol–water partition coefficient (Wildman–Crippen LogP) is -1.72. The van der Waals surface area contributed by atoms with Gasteiger partial charge in [-0.15, -0.1) is 0 Å². The van der Waals surface area contributed by atoms with E-state index in [1.807, 2.05) is 0 Å². The van der Waals surface area contributed by atoms with E-state index in [0.29, 0.717) is 21.5 Å². The van der Waals surface area contributed by atoms with E-state index in [4.69, 9.17) is 37.6 Å². The first-order valence-electron chi connectivity index (χ1n) is 11.1. The van der Waals surface area contributed by atoms with Gasteiger partial charge in [-0.3, -0.25) is 19.2 Å². The molecule has 0 aliphatic carbocycles. The zero-order valence-electron chi connectivity index (χ0n) is 19.7. The lowest BCUT2D eigenvalue weighted by Crippen LogP contribution is -2.53. The Labute approximate surface area is 227 Å². The molecule has 2 aliphatic rings. The van der Waals surface area contributed by atoms with E-state index in [1.165, 1.54) is 25.7 Å². The van der Waals surface area contributed by atoms with Crippen molar-refractivity contribution in [1.82, 2.24) is 16.0 Å². The van der Waals surface area contributed by atoms with E-state index in [0.717, 1.165) is 5.56 Å². The number of amides is 3. The number of halogens is 2. The average molecular weight is 565 g/mol. The van der Waals surface area contributed by atoms with Crippen molar-refractivity contribution in [3.63, 3.8) is 0 Å². The molecule has 12 nitrogen and oxygen atoms in total. The Kier molecular flexibility index (Phi) is 9.76. The summed E-state index contributed by atoms with van der Waals surface area (Å²) < 4.78 is 10.4. The smallest absolute Gasteiger partial charge is 0.481 e. The van der Waals surface area contributed by atoms with Gasteiger partial charge in [-0.25, -0.2) is 0 Å². The number of carboxylic acid groups (broad SMARTS) is 1. The van der Waals surface area contributed by atoms with Crippen molar-refractivity contribution in [2.24, 2.45) is 0 Å². The minimum absolute atomic E-state index is 0. The van der Waals surface area contributed by atoms with Crippen LogP contribution in [0.1, 0.15) is 38.3 Å². The SMILES string of the molecule is O.O=C(O)CCNC(=O)C(CNC(=O)c1cc(Cl)c2c(c1)B(O)OC2)NC(=O)c1cc(Cl)c2c(c1)[B]OC2. The van der Waals surface area contributed by atoms with Crippen LogP contribution in [0.25, 0.3) is 0 Å². The summed E-state index contributed by atoms with van der Waals surface area (Å²) in [6, 6.07) is 4.58. The van der Waals surface area contributed by atoms with Gasteiger partial charge in [0.1, 0.15) is 6.04 Å². The molecule has 1 radical (unpaired) electrons. The first-order valence-corrected chi connectivity index (χ1v) is 11.9. The van der Waals surface area contributed by atoms with Crippen LogP contribution in [0.15, 0.2) is 24.3 Å². The van der Waals surface area contributed by atoms with Gasteiger partial charge in [-0.05, 0) is 40.3 Å². The van der Waals surface area contributed by atoms with Crippen molar-refractivity contribution in [3.8, 4) is 0 Å². The zero-order chi connectivity index (χ0) is 26.7. The van der Waals surface area contributed by atoms with Crippen LogP contribution >= 0.6 is 23.2 Å². The maximum Gasteiger partial charge on any atom is 0.491 e. The van der Waals surface area contributed by atoms with Gasteiger partial charge in [-0.2, -0.15) is 0 Å². The molecule has 3 amide bonds. The normalized spacial score (nSPS) is 13.9. The number of nitrogens with one attached hydrogen (secondary N) is 3. The highest BCUT2D eigenvalue weighted by atomic mass is 35.5. The molecule has 2 heterocycles. The number of carboxylic acids is 1. The summed E-state index contributed by atoms with van der Waals surface area (Å²) in [7, 11) is 0.256. The van der Waals surface area contributed by atoms with Crippen molar-refractivity contribution in [2.45, 2.75) is 25.7 Å². The lowest BCUT2D eigenvalue weighted by molar-refractivity contribution is -0.137. The lowest BCUT2D eigenvalue weighted by Gasteiger charge is -2.19. The van der Waals surface area contributed by atoms with Crippen LogP contribution in [-0.2, 0) is 32.1 Å². The Morgan fingerprint density at radius 3 is 2.39 bits per heavy atom. The molecule has 0 aromatic heterocycles. The van der Waals surface area contributed by atoms with E-state index < -0.39 is 36.9 Å². The Hall–Kier alpha value is -3.13. The lowest BCUT2D eigenvalue weighted by atomic mass is 9.78. The number of fused-ring (bicyclic) bond motifs is 2.